The molecule has 0 aliphatic heterocycles. The number of halogens is 1. The van der Waals surface area contributed by atoms with Gasteiger partial charge in [-0.15, -0.1) is 35.3 Å². The molecule has 0 aliphatic carbocycles. The van der Waals surface area contributed by atoms with Crippen LogP contribution < -0.4 is 10.6 Å². The normalized spacial score (nSPS) is 11.0. The Bertz CT molecular complexity index is 607. The lowest BCUT2D eigenvalue weighted by Crippen LogP contribution is -2.37. The van der Waals surface area contributed by atoms with E-state index in [1.165, 1.54) is 16.1 Å². The van der Waals surface area contributed by atoms with Crippen LogP contribution in [0.1, 0.15) is 28.2 Å². The van der Waals surface area contributed by atoms with Crippen molar-refractivity contribution >= 4 is 41.3 Å². The minimum absolute atomic E-state index is 0. The highest BCUT2D eigenvalue weighted by molar-refractivity contribution is 14.0. The maximum Gasteiger partial charge on any atom is 0.191 e. The van der Waals surface area contributed by atoms with Gasteiger partial charge >= 0.3 is 0 Å². The second kappa shape index (κ2) is 10.6. The highest BCUT2D eigenvalue weighted by Crippen LogP contribution is 2.10. The van der Waals surface area contributed by atoms with E-state index in [2.05, 4.69) is 57.2 Å². The highest BCUT2D eigenvalue weighted by Gasteiger charge is 2.00. The molecule has 2 rings (SSSR count). The lowest BCUT2D eigenvalue weighted by atomic mass is 10.1. The third-order valence-corrected chi connectivity index (χ3v) is 4.36. The Morgan fingerprint density at radius 2 is 1.91 bits per heavy atom. The Kier molecular flexibility index (Phi) is 9.16. The van der Waals surface area contributed by atoms with E-state index >= 15 is 0 Å². The molecule has 2 N–H and O–H groups in total. The summed E-state index contributed by atoms with van der Waals surface area (Å²) in [6, 6.07) is 8.53. The number of guanidine groups is 1. The van der Waals surface area contributed by atoms with Crippen LogP contribution in [-0.4, -0.2) is 24.5 Å². The van der Waals surface area contributed by atoms with Crippen molar-refractivity contribution in [3.05, 3.63) is 51.5 Å². The zero-order chi connectivity index (χ0) is 15.8. The van der Waals surface area contributed by atoms with Crippen molar-refractivity contribution < 1.29 is 0 Å². The summed E-state index contributed by atoms with van der Waals surface area (Å²) >= 11 is 1.74. The summed E-state index contributed by atoms with van der Waals surface area (Å²) in [6.45, 7) is 5.81. The molecule has 126 valence electrons. The van der Waals surface area contributed by atoms with Gasteiger partial charge in [0.15, 0.2) is 5.96 Å². The number of aliphatic imine (C=N–C) groups is 1. The zero-order valence-electron chi connectivity index (χ0n) is 13.9. The van der Waals surface area contributed by atoms with Crippen molar-refractivity contribution in [2.75, 3.05) is 13.6 Å². The fourth-order valence-electron chi connectivity index (χ4n) is 2.08. The third-order valence-electron chi connectivity index (χ3n) is 3.33. The van der Waals surface area contributed by atoms with Crippen LogP contribution in [0.4, 0.5) is 0 Å². The van der Waals surface area contributed by atoms with E-state index in [1.54, 1.807) is 18.4 Å². The van der Waals surface area contributed by atoms with Crippen LogP contribution in [0.15, 0.2) is 34.6 Å². The summed E-state index contributed by atoms with van der Waals surface area (Å²) in [5.41, 5.74) is 3.65. The number of hydrogen-bond acceptors (Lipinski definition) is 3. The molecule has 23 heavy (non-hydrogen) atoms. The predicted molar refractivity (Wildman–Crippen MR) is 110 cm³/mol. The smallest absolute Gasteiger partial charge is 0.191 e. The Labute approximate surface area is 159 Å². The van der Waals surface area contributed by atoms with E-state index < -0.39 is 0 Å². The van der Waals surface area contributed by atoms with Crippen molar-refractivity contribution in [1.29, 1.82) is 0 Å². The maximum absolute atomic E-state index is 4.48. The van der Waals surface area contributed by atoms with Crippen LogP contribution in [0.2, 0.25) is 0 Å². The molecule has 0 saturated heterocycles. The number of aryl methyl sites for hydroxylation is 3. The van der Waals surface area contributed by atoms with Crippen molar-refractivity contribution in [3.63, 3.8) is 0 Å². The standard InChI is InChI=1S/C17H24N4S.HI/c1-13-6-8-15(9-7-13)11-20-17(18-3)19-10-4-5-16-21-14(2)12-22-16;/h6-9,12H,4-5,10-11H2,1-3H3,(H2,18,19,20);1H. The van der Waals surface area contributed by atoms with Gasteiger partial charge in [0.1, 0.15) is 0 Å². The summed E-state index contributed by atoms with van der Waals surface area (Å²) in [4.78, 5) is 8.73. The molecular formula is C17H25IN4S. The molecule has 1 heterocycles. The quantitative estimate of drug-likeness (QED) is 0.309. The Morgan fingerprint density at radius 3 is 2.52 bits per heavy atom. The molecule has 0 spiro atoms. The van der Waals surface area contributed by atoms with E-state index in [4.69, 9.17) is 0 Å². The first kappa shape index (κ1) is 19.9. The van der Waals surface area contributed by atoms with Crippen LogP contribution >= 0.6 is 35.3 Å². The summed E-state index contributed by atoms with van der Waals surface area (Å²) in [5.74, 6) is 0.843. The van der Waals surface area contributed by atoms with Gasteiger partial charge in [-0.1, -0.05) is 29.8 Å². The molecular weight excluding hydrogens is 419 g/mol. The lowest BCUT2D eigenvalue weighted by Gasteiger charge is -2.11. The SMILES string of the molecule is CN=C(NCCCc1nc(C)cs1)NCc1ccc(C)cc1.I. The first-order chi connectivity index (χ1) is 10.7. The van der Waals surface area contributed by atoms with Gasteiger partial charge in [0.05, 0.1) is 5.01 Å². The van der Waals surface area contributed by atoms with Gasteiger partial charge in [-0.3, -0.25) is 4.99 Å². The van der Waals surface area contributed by atoms with Crippen LogP contribution in [0.25, 0.3) is 0 Å². The van der Waals surface area contributed by atoms with Crippen molar-refractivity contribution in [3.8, 4) is 0 Å². The monoisotopic (exact) mass is 444 g/mol. The van der Waals surface area contributed by atoms with Gasteiger partial charge in [-0.2, -0.15) is 0 Å². The molecule has 0 bridgehead atoms. The lowest BCUT2D eigenvalue weighted by molar-refractivity contribution is 0.739. The topological polar surface area (TPSA) is 49.3 Å². The molecule has 2 aromatic rings. The zero-order valence-corrected chi connectivity index (χ0v) is 17.1. The van der Waals surface area contributed by atoms with Crippen molar-refractivity contribution in [1.82, 2.24) is 15.6 Å². The largest absolute Gasteiger partial charge is 0.356 e. The first-order valence-electron chi connectivity index (χ1n) is 7.58. The van der Waals surface area contributed by atoms with Gasteiger partial charge in [0.2, 0.25) is 0 Å². The third kappa shape index (κ3) is 7.30. The van der Waals surface area contributed by atoms with Gasteiger partial charge < -0.3 is 10.6 Å². The molecule has 1 aromatic heterocycles. The number of hydrogen-bond donors (Lipinski definition) is 2. The van der Waals surface area contributed by atoms with Crippen LogP contribution in [0, 0.1) is 13.8 Å². The Hall–Kier alpha value is -1.15. The number of rotatable bonds is 6. The maximum atomic E-state index is 4.48. The molecule has 0 atom stereocenters. The average Bonchev–Trinajstić information content (AvgIpc) is 2.94. The van der Waals surface area contributed by atoms with E-state index in [1.807, 2.05) is 6.92 Å². The van der Waals surface area contributed by atoms with E-state index in [0.29, 0.717) is 0 Å². The molecule has 0 fully saturated rings. The predicted octanol–water partition coefficient (Wildman–Crippen LogP) is 3.68. The second-order valence-corrected chi connectivity index (χ2v) is 6.27. The summed E-state index contributed by atoms with van der Waals surface area (Å²) in [6.07, 6.45) is 2.07. The van der Waals surface area contributed by atoms with Crippen LogP contribution in [-0.2, 0) is 13.0 Å². The fourth-order valence-corrected chi connectivity index (χ4v) is 2.89. The molecule has 0 aliphatic rings. The van der Waals surface area contributed by atoms with Gasteiger partial charge in [0, 0.05) is 37.6 Å². The van der Waals surface area contributed by atoms with Gasteiger partial charge in [0.25, 0.3) is 0 Å². The van der Waals surface area contributed by atoms with Gasteiger partial charge in [-0.25, -0.2) is 4.98 Å². The second-order valence-electron chi connectivity index (χ2n) is 5.32. The molecule has 4 nitrogen and oxygen atoms in total. The Morgan fingerprint density at radius 1 is 1.17 bits per heavy atom. The van der Waals surface area contributed by atoms with Crippen LogP contribution in [0.3, 0.4) is 0 Å². The van der Waals surface area contributed by atoms with E-state index in [-0.39, 0.29) is 24.0 Å². The number of benzene rings is 1. The summed E-state index contributed by atoms with van der Waals surface area (Å²) in [5, 5.41) is 9.99. The average molecular weight is 444 g/mol. The number of nitrogens with one attached hydrogen (secondary N) is 2. The Balaban J connectivity index is 0.00000264. The molecule has 0 amide bonds. The van der Waals surface area contributed by atoms with Crippen molar-refractivity contribution in [2.24, 2.45) is 4.99 Å². The molecule has 6 heteroatoms. The highest BCUT2D eigenvalue weighted by atomic mass is 127. The number of thiazole rings is 1. The van der Waals surface area contributed by atoms with Crippen LogP contribution in [0.5, 0.6) is 0 Å². The summed E-state index contributed by atoms with van der Waals surface area (Å²) < 4.78 is 0. The minimum atomic E-state index is 0. The molecule has 0 radical (unpaired) electrons. The minimum Gasteiger partial charge on any atom is -0.356 e. The van der Waals surface area contributed by atoms with E-state index in [9.17, 15) is 0 Å². The van der Waals surface area contributed by atoms with Crippen molar-refractivity contribution in [2.45, 2.75) is 33.2 Å². The van der Waals surface area contributed by atoms with Gasteiger partial charge in [-0.05, 0) is 25.8 Å². The fraction of sp³-hybridized carbons (Fsp3) is 0.412. The first-order valence-corrected chi connectivity index (χ1v) is 8.46. The molecule has 0 saturated carbocycles. The number of nitrogens with zero attached hydrogens (tertiary/aromatic N) is 2. The molecule has 1 aromatic carbocycles. The van der Waals surface area contributed by atoms with E-state index in [0.717, 1.165) is 37.6 Å². The summed E-state index contributed by atoms with van der Waals surface area (Å²) in [7, 11) is 1.80. The number of aromatic nitrogens is 1. The molecule has 0 unspecified atom stereocenters.